The molecule has 20 heavy (non-hydrogen) atoms. The molecule has 0 aromatic heterocycles. The molecule has 2 rings (SSSR count). The maximum Gasteiger partial charge on any atom is 0.169 e. The van der Waals surface area contributed by atoms with Gasteiger partial charge < -0.3 is 9.47 Å². The molecule has 0 saturated carbocycles. The van der Waals surface area contributed by atoms with E-state index in [1.807, 2.05) is 32.0 Å². The third kappa shape index (κ3) is 3.81. The van der Waals surface area contributed by atoms with Crippen molar-refractivity contribution in [2.75, 3.05) is 6.61 Å². The maximum absolute atomic E-state index is 6.18. The first kappa shape index (κ1) is 15.0. The third-order valence-corrected chi connectivity index (χ3v) is 3.21. The molecule has 0 atom stereocenters. The molecule has 0 amide bonds. The van der Waals surface area contributed by atoms with Crippen molar-refractivity contribution in [3.8, 4) is 17.2 Å². The first-order chi connectivity index (χ1) is 9.60. The predicted octanol–water partition coefficient (Wildman–Crippen LogP) is 5.88. The summed E-state index contributed by atoms with van der Waals surface area (Å²) in [6.07, 6.45) is 0.914. The van der Waals surface area contributed by atoms with E-state index >= 15 is 0 Å². The predicted molar refractivity (Wildman–Crippen MR) is 83.5 cm³/mol. The number of hydrogen-bond acceptors (Lipinski definition) is 2. The van der Waals surface area contributed by atoms with Crippen LogP contribution in [0.4, 0.5) is 0 Å². The quantitative estimate of drug-likeness (QED) is 0.686. The zero-order chi connectivity index (χ0) is 14.5. The molecule has 2 nitrogen and oxygen atoms in total. The number of rotatable bonds is 5. The van der Waals surface area contributed by atoms with Crippen LogP contribution in [0.25, 0.3) is 0 Å². The Hall–Kier alpha value is -1.38. The van der Waals surface area contributed by atoms with Crippen LogP contribution in [0, 0.1) is 6.92 Å². The molecule has 0 unspecified atom stereocenters. The second-order valence-corrected chi connectivity index (χ2v) is 5.32. The molecule has 0 saturated heterocycles. The number of ether oxygens (including phenoxy) is 2. The van der Waals surface area contributed by atoms with E-state index in [-0.39, 0.29) is 0 Å². The van der Waals surface area contributed by atoms with Crippen LogP contribution in [0.3, 0.4) is 0 Å². The first-order valence-corrected chi connectivity index (χ1v) is 7.22. The highest BCUT2D eigenvalue weighted by atomic mass is 35.5. The van der Waals surface area contributed by atoms with E-state index in [0.717, 1.165) is 12.0 Å². The van der Waals surface area contributed by atoms with Gasteiger partial charge in [-0.2, -0.15) is 0 Å². The molecule has 0 radical (unpaired) electrons. The number of aryl methyl sites for hydroxylation is 1. The number of halogens is 2. The fourth-order valence-electron chi connectivity index (χ4n) is 1.70. The summed E-state index contributed by atoms with van der Waals surface area (Å²) >= 11 is 12.2. The average Bonchev–Trinajstić information content (AvgIpc) is 2.41. The Balaban J connectivity index is 2.27. The molecular weight excluding hydrogens is 295 g/mol. The van der Waals surface area contributed by atoms with Gasteiger partial charge in [-0.15, -0.1) is 0 Å². The minimum atomic E-state index is 0.571. The molecule has 106 valence electrons. The molecule has 0 bridgehead atoms. The van der Waals surface area contributed by atoms with Crippen molar-refractivity contribution in [1.82, 2.24) is 0 Å². The first-order valence-electron chi connectivity index (χ1n) is 6.46. The van der Waals surface area contributed by atoms with Gasteiger partial charge in [-0.1, -0.05) is 36.2 Å². The van der Waals surface area contributed by atoms with Crippen molar-refractivity contribution in [3.63, 3.8) is 0 Å². The van der Waals surface area contributed by atoms with E-state index < -0.39 is 0 Å². The van der Waals surface area contributed by atoms with Crippen LogP contribution in [0.2, 0.25) is 10.0 Å². The third-order valence-electron chi connectivity index (χ3n) is 2.67. The average molecular weight is 311 g/mol. The van der Waals surface area contributed by atoms with Crippen LogP contribution in [0.5, 0.6) is 17.2 Å². The maximum atomic E-state index is 6.18. The Labute approximate surface area is 129 Å². The van der Waals surface area contributed by atoms with Gasteiger partial charge in [0.15, 0.2) is 11.5 Å². The molecule has 0 aliphatic heterocycles. The second kappa shape index (κ2) is 6.87. The summed E-state index contributed by atoms with van der Waals surface area (Å²) in [6.45, 7) is 4.63. The van der Waals surface area contributed by atoms with Crippen molar-refractivity contribution in [3.05, 3.63) is 52.0 Å². The number of hydrogen-bond donors (Lipinski definition) is 0. The Kier molecular flexibility index (Phi) is 5.16. The topological polar surface area (TPSA) is 18.5 Å². The van der Waals surface area contributed by atoms with Crippen LogP contribution in [0.15, 0.2) is 36.4 Å². The van der Waals surface area contributed by atoms with Gasteiger partial charge in [0.05, 0.1) is 11.6 Å². The highest BCUT2D eigenvalue weighted by Gasteiger charge is 2.09. The van der Waals surface area contributed by atoms with Crippen molar-refractivity contribution >= 4 is 23.2 Å². The zero-order valence-corrected chi connectivity index (χ0v) is 13.0. The molecule has 0 spiro atoms. The SMILES string of the molecule is CCCOc1cc(Cl)ccc1Oc1ccc(C)cc1Cl. The summed E-state index contributed by atoms with van der Waals surface area (Å²) in [5.41, 5.74) is 1.08. The molecule has 4 heteroatoms. The van der Waals surface area contributed by atoms with Crippen molar-refractivity contribution in [2.24, 2.45) is 0 Å². The van der Waals surface area contributed by atoms with Crippen LogP contribution in [-0.4, -0.2) is 6.61 Å². The Bertz CT molecular complexity index is 597. The van der Waals surface area contributed by atoms with Gasteiger partial charge >= 0.3 is 0 Å². The lowest BCUT2D eigenvalue weighted by molar-refractivity contribution is 0.302. The minimum Gasteiger partial charge on any atom is -0.490 e. The van der Waals surface area contributed by atoms with Gasteiger partial charge in [0.1, 0.15) is 5.75 Å². The van der Waals surface area contributed by atoms with E-state index in [4.69, 9.17) is 32.7 Å². The lowest BCUT2D eigenvalue weighted by atomic mass is 10.2. The smallest absolute Gasteiger partial charge is 0.169 e. The monoisotopic (exact) mass is 310 g/mol. The molecule has 0 heterocycles. The van der Waals surface area contributed by atoms with E-state index in [0.29, 0.717) is 33.9 Å². The van der Waals surface area contributed by atoms with Gasteiger partial charge in [0, 0.05) is 11.1 Å². The van der Waals surface area contributed by atoms with Crippen LogP contribution >= 0.6 is 23.2 Å². The van der Waals surface area contributed by atoms with Crippen molar-refractivity contribution in [2.45, 2.75) is 20.3 Å². The summed E-state index contributed by atoms with van der Waals surface area (Å²) in [4.78, 5) is 0. The van der Waals surface area contributed by atoms with Crippen molar-refractivity contribution in [1.29, 1.82) is 0 Å². The fraction of sp³-hybridized carbons (Fsp3) is 0.250. The summed E-state index contributed by atoms with van der Waals surface area (Å²) in [7, 11) is 0. The molecule has 0 aliphatic carbocycles. The van der Waals surface area contributed by atoms with E-state index in [2.05, 4.69) is 0 Å². The molecular formula is C16H16Cl2O2. The standard InChI is InChI=1S/C16H16Cl2O2/c1-3-8-19-16-10-12(17)5-7-15(16)20-14-6-4-11(2)9-13(14)18/h4-7,9-10H,3,8H2,1-2H3. The Morgan fingerprint density at radius 3 is 2.40 bits per heavy atom. The van der Waals surface area contributed by atoms with Crippen LogP contribution in [0.1, 0.15) is 18.9 Å². The Morgan fingerprint density at radius 1 is 0.950 bits per heavy atom. The van der Waals surface area contributed by atoms with Crippen LogP contribution < -0.4 is 9.47 Å². The molecule has 2 aromatic rings. The zero-order valence-electron chi connectivity index (χ0n) is 11.5. The summed E-state index contributed by atoms with van der Waals surface area (Å²) in [5, 5.41) is 1.18. The van der Waals surface area contributed by atoms with Crippen LogP contribution in [-0.2, 0) is 0 Å². The molecule has 0 N–H and O–H groups in total. The van der Waals surface area contributed by atoms with Gasteiger partial charge in [-0.25, -0.2) is 0 Å². The Morgan fingerprint density at radius 2 is 1.70 bits per heavy atom. The van der Waals surface area contributed by atoms with E-state index in [1.54, 1.807) is 18.2 Å². The fourth-order valence-corrected chi connectivity index (χ4v) is 2.13. The number of benzene rings is 2. The highest BCUT2D eigenvalue weighted by molar-refractivity contribution is 6.32. The second-order valence-electron chi connectivity index (χ2n) is 4.48. The molecule has 0 fully saturated rings. The highest BCUT2D eigenvalue weighted by Crippen LogP contribution is 2.37. The van der Waals surface area contributed by atoms with Gasteiger partial charge in [-0.05, 0) is 43.2 Å². The molecule has 2 aromatic carbocycles. The van der Waals surface area contributed by atoms with E-state index in [9.17, 15) is 0 Å². The van der Waals surface area contributed by atoms with Gasteiger partial charge in [0.25, 0.3) is 0 Å². The lowest BCUT2D eigenvalue weighted by Crippen LogP contribution is -1.97. The summed E-state index contributed by atoms with van der Waals surface area (Å²) < 4.78 is 11.5. The summed E-state index contributed by atoms with van der Waals surface area (Å²) in [6, 6.07) is 10.9. The summed E-state index contributed by atoms with van der Waals surface area (Å²) in [5.74, 6) is 1.82. The molecule has 0 aliphatic rings. The minimum absolute atomic E-state index is 0.571. The van der Waals surface area contributed by atoms with Crippen molar-refractivity contribution < 1.29 is 9.47 Å². The largest absolute Gasteiger partial charge is 0.490 e. The van der Waals surface area contributed by atoms with Gasteiger partial charge in [-0.3, -0.25) is 0 Å². The van der Waals surface area contributed by atoms with E-state index in [1.165, 1.54) is 0 Å². The normalized spacial score (nSPS) is 10.4. The lowest BCUT2D eigenvalue weighted by Gasteiger charge is -2.13. The van der Waals surface area contributed by atoms with Gasteiger partial charge in [0.2, 0.25) is 0 Å².